The Kier molecular flexibility index (Phi) is 7.58. The Morgan fingerprint density at radius 2 is 1.56 bits per heavy atom. The molecule has 174 valence electrons. The lowest BCUT2D eigenvalue weighted by Gasteiger charge is -2.20. The average Bonchev–Trinajstić information content (AvgIpc) is 3.29. The van der Waals surface area contributed by atoms with Crippen molar-refractivity contribution in [2.75, 3.05) is 0 Å². The largest absolute Gasteiger partial charge is 0.344 e. The van der Waals surface area contributed by atoms with Gasteiger partial charge in [-0.15, -0.1) is 0 Å². The highest BCUT2D eigenvalue weighted by molar-refractivity contribution is 6.00. The minimum absolute atomic E-state index is 0.0473. The normalized spacial score (nSPS) is 11.9. The third-order valence-corrected chi connectivity index (χ3v) is 6.22. The van der Waals surface area contributed by atoms with Crippen molar-refractivity contribution in [2.45, 2.75) is 52.6 Å². The summed E-state index contributed by atoms with van der Waals surface area (Å²) in [5, 5.41) is 3.33. The molecule has 0 spiro atoms. The van der Waals surface area contributed by atoms with Crippen LogP contribution in [0.5, 0.6) is 0 Å². The van der Waals surface area contributed by atoms with Crippen LogP contribution in [0, 0.1) is 0 Å². The monoisotopic (exact) mass is 451 g/mol. The summed E-state index contributed by atoms with van der Waals surface area (Å²) in [4.78, 5) is 19.0. The number of rotatable bonds is 9. The molecule has 0 aliphatic heterocycles. The molecule has 4 nitrogen and oxygen atoms in total. The van der Waals surface area contributed by atoms with Gasteiger partial charge in [0.05, 0.1) is 6.04 Å². The van der Waals surface area contributed by atoms with Gasteiger partial charge in [-0.25, -0.2) is 4.98 Å². The molecule has 34 heavy (non-hydrogen) atoms. The fraction of sp³-hybridized carbons (Fsp3) is 0.267. The van der Waals surface area contributed by atoms with E-state index in [1.807, 2.05) is 65.2 Å². The number of amides is 1. The summed E-state index contributed by atoms with van der Waals surface area (Å²) in [7, 11) is 0. The van der Waals surface area contributed by atoms with Crippen LogP contribution >= 0.6 is 0 Å². The molecule has 3 aromatic carbocycles. The van der Waals surface area contributed by atoms with E-state index in [0.717, 1.165) is 47.5 Å². The average molecular weight is 452 g/mol. The summed E-state index contributed by atoms with van der Waals surface area (Å²) in [6, 6.07) is 28.6. The maximum atomic E-state index is 13.9. The van der Waals surface area contributed by atoms with Crippen LogP contribution in [0.3, 0.4) is 0 Å². The number of nitrogens with one attached hydrogen (secondary N) is 1. The van der Waals surface area contributed by atoms with Gasteiger partial charge in [0.15, 0.2) is 0 Å². The van der Waals surface area contributed by atoms with Gasteiger partial charge < -0.3 is 9.88 Å². The van der Waals surface area contributed by atoms with Crippen molar-refractivity contribution in [1.82, 2.24) is 14.9 Å². The number of aromatic nitrogens is 2. The molecular weight excluding hydrogens is 418 g/mol. The predicted octanol–water partition coefficient (Wildman–Crippen LogP) is 7.07. The summed E-state index contributed by atoms with van der Waals surface area (Å²) in [6.07, 6.45) is 2.79. The molecule has 4 heteroatoms. The first kappa shape index (κ1) is 23.5. The zero-order chi connectivity index (χ0) is 23.9. The molecule has 0 radical (unpaired) electrons. The fourth-order valence-corrected chi connectivity index (χ4v) is 4.46. The number of hydrogen-bond donors (Lipinski definition) is 1. The Hall–Kier alpha value is -3.66. The van der Waals surface area contributed by atoms with Gasteiger partial charge >= 0.3 is 0 Å². The van der Waals surface area contributed by atoms with Crippen molar-refractivity contribution in [2.24, 2.45) is 0 Å². The van der Waals surface area contributed by atoms with Crippen LogP contribution in [0.25, 0.3) is 22.6 Å². The van der Waals surface area contributed by atoms with Crippen LogP contribution < -0.4 is 5.32 Å². The molecule has 0 saturated carbocycles. The van der Waals surface area contributed by atoms with E-state index in [9.17, 15) is 4.79 Å². The van der Waals surface area contributed by atoms with E-state index in [2.05, 4.69) is 50.4 Å². The molecule has 4 aromatic rings. The molecule has 1 unspecified atom stereocenters. The topological polar surface area (TPSA) is 46.9 Å². The molecule has 0 bridgehead atoms. The molecule has 0 aliphatic carbocycles. The first-order valence-corrected chi connectivity index (χ1v) is 12.3. The van der Waals surface area contributed by atoms with Crippen LogP contribution in [0.2, 0.25) is 0 Å². The minimum atomic E-state index is -0.0873. The second-order valence-electron chi connectivity index (χ2n) is 8.52. The minimum Gasteiger partial charge on any atom is -0.344 e. The van der Waals surface area contributed by atoms with E-state index in [-0.39, 0.29) is 11.9 Å². The van der Waals surface area contributed by atoms with Crippen LogP contribution in [-0.2, 0) is 13.0 Å². The molecule has 1 aromatic heterocycles. The smallest absolute Gasteiger partial charge is 0.270 e. The summed E-state index contributed by atoms with van der Waals surface area (Å²) in [5.41, 5.74) is 5.68. The van der Waals surface area contributed by atoms with Crippen molar-refractivity contribution >= 4 is 5.91 Å². The van der Waals surface area contributed by atoms with Crippen LogP contribution in [-0.4, -0.2) is 15.5 Å². The van der Waals surface area contributed by atoms with Gasteiger partial charge in [0, 0.05) is 17.7 Å². The number of benzene rings is 3. The van der Waals surface area contributed by atoms with Gasteiger partial charge in [0.2, 0.25) is 0 Å². The Labute approximate surface area is 202 Å². The Bertz CT molecular complexity index is 1230. The quantitative estimate of drug-likeness (QED) is 0.296. The molecule has 4 rings (SSSR count). The van der Waals surface area contributed by atoms with Crippen LogP contribution in [0.15, 0.2) is 84.9 Å². The number of aryl methyl sites for hydroxylation is 1. The van der Waals surface area contributed by atoms with Gasteiger partial charge in [-0.05, 0) is 37.0 Å². The molecule has 1 atom stereocenters. The van der Waals surface area contributed by atoms with Gasteiger partial charge in [-0.2, -0.15) is 0 Å². The molecule has 1 heterocycles. The van der Waals surface area contributed by atoms with Gasteiger partial charge in [0.1, 0.15) is 17.2 Å². The SMILES string of the molecule is CCCC(NC(=O)c1c(-c2cccc(CC)c2)nc(-c2ccccc2)n1CC)c1ccccc1. The standard InChI is InChI=1S/C30H33N3O/c1-4-14-26(23-16-9-7-10-17-23)31-30(34)28-27(25-20-13-15-22(5-2)21-25)32-29(33(28)6-3)24-18-11-8-12-19-24/h7-13,15-21,26H,4-6,14H2,1-3H3,(H,31,34). The van der Waals surface area contributed by atoms with E-state index >= 15 is 0 Å². The van der Waals surface area contributed by atoms with Gasteiger partial charge in [-0.1, -0.05) is 99.1 Å². The summed E-state index contributed by atoms with van der Waals surface area (Å²) >= 11 is 0. The molecule has 1 N–H and O–H groups in total. The number of imidazole rings is 1. The van der Waals surface area contributed by atoms with Crippen LogP contribution in [0.4, 0.5) is 0 Å². The molecule has 1 amide bonds. The van der Waals surface area contributed by atoms with E-state index in [1.165, 1.54) is 5.56 Å². The van der Waals surface area contributed by atoms with Crippen molar-refractivity contribution in [3.05, 3.63) is 102 Å². The lowest BCUT2D eigenvalue weighted by atomic mass is 10.0. The lowest BCUT2D eigenvalue weighted by Crippen LogP contribution is -2.30. The number of carbonyl (C=O) groups is 1. The van der Waals surface area contributed by atoms with E-state index in [0.29, 0.717) is 12.2 Å². The Morgan fingerprint density at radius 3 is 2.21 bits per heavy atom. The second-order valence-corrected chi connectivity index (χ2v) is 8.52. The summed E-state index contributed by atoms with van der Waals surface area (Å²) < 4.78 is 2.05. The summed E-state index contributed by atoms with van der Waals surface area (Å²) in [6.45, 7) is 7.00. The number of nitrogens with zero attached hydrogens (tertiary/aromatic N) is 2. The van der Waals surface area contributed by atoms with Crippen molar-refractivity contribution in [3.63, 3.8) is 0 Å². The van der Waals surface area contributed by atoms with Crippen molar-refractivity contribution < 1.29 is 4.79 Å². The maximum Gasteiger partial charge on any atom is 0.270 e. The third kappa shape index (κ3) is 4.96. The Balaban J connectivity index is 1.83. The van der Waals surface area contributed by atoms with Crippen LogP contribution in [0.1, 0.15) is 61.3 Å². The highest BCUT2D eigenvalue weighted by Crippen LogP contribution is 2.31. The Morgan fingerprint density at radius 1 is 0.882 bits per heavy atom. The summed E-state index contributed by atoms with van der Waals surface area (Å²) in [5.74, 6) is 0.729. The number of carbonyl (C=O) groups excluding carboxylic acids is 1. The fourth-order valence-electron chi connectivity index (χ4n) is 4.46. The first-order valence-electron chi connectivity index (χ1n) is 12.3. The van der Waals surface area contributed by atoms with Crippen molar-refractivity contribution in [3.8, 4) is 22.6 Å². The molecular formula is C30H33N3O. The number of hydrogen-bond acceptors (Lipinski definition) is 2. The maximum absolute atomic E-state index is 13.9. The third-order valence-electron chi connectivity index (χ3n) is 6.22. The van der Waals surface area contributed by atoms with E-state index in [4.69, 9.17) is 4.98 Å². The van der Waals surface area contributed by atoms with Crippen molar-refractivity contribution in [1.29, 1.82) is 0 Å². The zero-order valence-corrected chi connectivity index (χ0v) is 20.3. The lowest BCUT2D eigenvalue weighted by molar-refractivity contribution is 0.0926. The van der Waals surface area contributed by atoms with E-state index in [1.54, 1.807) is 0 Å². The second kappa shape index (κ2) is 11.0. The molecule has 0 fully saturated rings. The highest BCUT2D eigenvalue weighted by Gasteiger charge is 2.26. The molecule has 0 aliphatic rings. The first-order chi connectivity index (χ1) is 16.7. The van der Waals surface area contributed by atoms with Gasteiger partial charge in [-0.3, -0.25) is 4.79 Å². The van der Waals surface area contributed by atoms with Gasteiger partial charge in [0.25, 0.3) is 5.91 Å². The zero-order valence-electron chi connectivity index (χ0n) is 20.3. The highest BCUT2D eigenvalue weighted by atomic mass is 16.2. The molecule has 0 saturated heterocycles. The predicted molar refractivity (Wildman–Crippen MR) is 140 cm³/mol. The van der Waals surface area contributed by atoms with E-state index < -0.39 is 0 Å².